The maximum Gasteiger partial charge on any atom is 0.270 e. The standard InChI is InChI=1S/C20H22N4O2/c1-12-7-18(24(2)23-12)20(26)22-19(14-9-16(25)10-14)15-8-13-5-3-4-6-17(13)21-11-15/h3-8,11,14,16,19,25H,9-10H2,1-2H3,(H,22,26). The molecule has 1 aliphatic rings. The number of aliphatic hydroxyl groups excluding tert-OH is 1. The van der Waals surface area contributed by atoms with E-state index in [2.05, 4.69) is 21.5 Å². The summed E-state index contributed by atoms with van der Waals surface area (Å²) in [7, 11) is 1.77. The number of carbonyl (C=O) groups excluding carboxylic acids is 1. The first kappa shape index (κ1) is 16.7. The molecule has 3 aromatic rings. The first-order chi connectivity index (χ1) is 12.5. The van der Waals surface area contributed by atoms with Gasteiger partial charge in [-0.25, -0.2) is 0 Å². The number of hydrogen-bond donors (Lipinski definition) is 2. The average molecular weight is 350 g/mol. The molecule has 6 heteroatoms. The minimum absolute atomic E-state index is 0.160. The van der Waals surface area contributed by atoms with Gasteiger partial charge in [0.15, 0.2) is 0 Å². The van der Waals surface area contributed by atoms with Gasteiger partial charge in [-0.05, 0) is 49.4 Å². The Bertz CT molecular complexity index is 959. The zero-order valence-electron chi connectivity index (χ0n) is 14.9. The van der Waals surface area contributed by atoms with Crippen LogP contribution in [0.5, 0.6) is 0 Å². The maximum atomic E-state index is 12.8. The fourth-order valence-corrected chi connectivity index (χ4v) is 3.67. The number of nitrogens with zero attached hydrogens (tertiary/aromatic N) is 3. The lowest BCUT2D eigenvalue weighted by atomic mass is 9.75. The number of pyridine rings is 1. The highest BCUT2D eigenvalue weighted by Gasteiger charge is 2.36. The fraction of sp³-hybridized carbons (Fsp3) is 0.350. The second kappa shape index (κ2) is 6.53. The van der Waals surface area contributed by atoms with Crippen molar-refractivity contribution in [1.29, 1.82) is 0 Å². The van der Waals surface area contributed by atoms with Crippen molar-refractivity contribution in [2.24, 2.45) is 13.0 Å². The SMILES string of the molecule is Cc1cc(C(=O)NC(c2cnc3ccccc3c2)C2CC(O)C2)n(C)n1. The topological polar surface area (TPSA) is 80.0 Å². The van der Waals surface area contributed by atoms with Crippen LogP contribution in [0.4, 0.5) is 0 Å². The largest absolute Gasteiger partial charge is 0.393 e. The molecule has 0 saturated heterocycles. The van der Waals surface area contributed by atoms with Crippen LogP contribution < -0.4 is 5.32 Å². The van der Waals surface area contributed by atoms with Crippen LogP contribution in [-0.2, 0) is 7.05 Å². The normalized spacial score (nSPS) is 20.6. The van der Waals surface area contributed by atoms with Crippen molar-refractivity contribution < 1.29 is 9.90 Å². The summed E-state index contributed by atoms with van der Waals surface area (Å²) in [6.45, 7) is 1.86. The van der Waals surface area contributed by atoms with Crippen LogP contribution in [-0.4, -0.2) is 31.9 Å². The van der Waals surface area contributed by atoms with E-state index in [1.165, 1.54) is 0 Å². The average Bonchev–Trinajstić information content (AvgIpc) is 2.95. The van der Waals surface area contributed by atoms with Gasteiger partial charge in [-0.2, -0.15) is 5.10 Å². The molecule has 4 rings (SSSR count). The Morgan fingerprint density at radius 3 is 2.77 bits per heavy atom. The predicted molar refractivity (Wildman–Crippen MR) is 98.6 cm³/mol. The highest BCUT2D eigenvalue weighted by atomic mass is 16.3. The van der Waals surface area contributed by atoms with Gasteiger partial charge in [0.25, 0.3) is 5.91 Å². The molecule has 1 aliphatic carbocycles. The number of amides is 1. The molecule has 1 aromatic carbocycles. The first-order valence-electron chi connectivity index (χ1n) is 8.85. The summed E-state index contributed by atoms with van der Waals surface area (Å²) in [4.78, 5) is 17.3. The molecule has 1 saturated carbocycles. The van der Waals surface area contributed by atoms with Crippen molar-refractivity contribution in [2.75, 3.05) is 0 Å². The summed E-state index contributed by atoms with van der Waals surface area (Å²) in [5.41, 5.74) is 3.23. The van der Waals surface area contributed by atoms with Crippen molar-refractivity contribution >= 4 is 16.8 Å². The van der Waals surface area contributed by atoms with Crippen LogP contribution in [0.3, 0.4) is 0 Å². The van der Waals surface area contributed by atoms with Crippen LogP contribution in [0.1, 0.15) is 40.6 Å². The summed E-state index contributed by atoms with van der Waals surface area (Å²) in [6.07, 6.45) is 2.91. The molecule has 6 nitrogen and oxygen atoms in total. The summed E-state index contributed by atoms with van der Waals surface area (Å²) >= 11 is 0. The van der Waals surface area contributed by atoms with Crippen molar-refractivity contribution in [3.63, 3.8) is 0 Å². The minimum atomic E-state index is -0.285. The van der Waals surface area contributed by atoms with Crippen molar-refractivity contribution in [3.8, 4) is 0 Å². The molecule has 26 heavy (non-hydrogen) atoms. The van der Waals surface area contributed by atoms with Gasteiger partial charge in [-0.15, -0.1) is 0 Å². The van der Waals surface area contributed by atoms with Crippen LogP contribution >= 0.6 is 0 Å². The molecule has 1 fully saturated rings. The predicted octanol–water partition coefficient (Wildman–Crippen LogP) is 2.52. The van der Waals surface area contributed by atoms with E-state index in [9.17, 15) is 9.90 Å². The van der Waals surface area contributed by atoms with E-state index < -0.39 is 0 Å². The lowest BCUT2D eigenvalue weighted by molar-refractivity contribution is 0.0234. The van der Waals surface area contributed by atoms with Gasteiger partial charge in [0.1, 0.15) is 5.69 Å². The van der Waals surface area contributed by atoms with E-state index in [1.807, 2.05) is 37.4 Å². The monoisotopic (exact) mass is 350 g/mol. The number of nitrogens with one attached hydrogen (secondary N) is 1. The van der Waals surface area contributed by atoms with Crippen molar-refractivity contribution in [3.05, 3.63) is 59.5 Å². The van der Waals surface area contributed by atoms with Crippen LogP contribution in [0.2, 0.25) is 0 Å². The molecular formula is C20H22N4O2. The Balaban J connectivity index is 1.65. The van der Waals surface area contributed by atoms with Crippen molar-refractivity contribution in [2.45, 2.75) is 31.9 Å². The first-order valence-corrected chi connectivity index (χ1v) is 8.85. The molecule has 2 N–H and O–H groups in total. The Morgan fingerprint density at radius 1 is 1.31 bits per heavy atom. The zero-order chi connectivity index (χ0) is 18.3. The number of benzene rings is 1. The van der Waals surface area contributed by atoms with Gasteiger partial charge >= 0.3 is 0 Å². The lowest BCUT2D eigenvalue weighted by Gasteiger charge is -2.38. The Kier molecular flexibility index (Phi) is 4.20. The number of carbonyl (C=O) groups is 1. The number of rotatable bonds is 4. The summed E-state index contributed by atoms with van der Waals surface area (Å²) in [5.74, 6) is 0.0406. The molecule has 0 bridgehead atoms. The van der Waals surface area contributed by atoms with E-state index in [0.29, 0.717) is 18.5 Å². The summed E-state index contributed by atoms with van der Waals surface area (Å²) < 4.78 is 1.59. The third-order valence-corrected chi connectivity index (χ3v) is 5.11. The van der Waals surface area contributed by atoms with Gasteiger partial charge < -0.3 is 10.4 Å². The molecule has 2 aromatic heterocycles. The number of aliphatic hydroxyl groups is 1. The summed E-state index contributed by atoms with van der Waals surface area (Å²) in [6, 6.07) is 11.6. The van der Waals surface area contributed by atoms with Crippen LogP contribution in [0.15, 0.2) is 42.6 Å². The lowest BCUT2D eigenvalue weighted by Crippen LogP contribution is -2.41. The molecule has 0 aliphatic heterocycles. The Labute approximate surface area is 151 Å². The van der Waals surface area contributed by atoms with E-state index in [1.54, 1.807) is 17.8 Å². The second-order valence-electron chi connectivity index (χ2n) is 7.09. The quantitative estimate of drug-likeness (QED) is 0.758. The number of fused-ring (bicyclic) bond motifs is 1. The fourth-order valence-electron chi connectivity index (χ4n) is 3.67. The third kappa shape index (κ3) is 3.08. The molecule has 0 radical (unpaired) electrons. The molecule has 2 heterocycles. The molecule has 0 spiro atoms. The maximum absolute atomic E-state index is 12.8. The molecule has 1 amide bonds. The zero-order valence-corrected chi connectivity index (χ0v) is 14.9. The van der Waals surface area contributed by atoms with Gasteiger partial charge in [-0.1, -0.05) is 18.2 Å². The molecule has 134 valence electrons. The smallest absolute Gasteiger partial charge is 0.270 e. The van der Waals surface area contributed by atoms with Gasteiger partial charge in [0.05, 0.1) is 23.4 Å². The Hall–Kier alpha value is -2.73. The third-order valence-electron chi connectivity index (χ3n) is 5.11. The van der Waals surface area contributed by atoms with Gasteiger partial charge in [-0.3, -0.25) is 14.5 Å². The van der Waals surface area contributed by atoms with Crippen molar-refractivity contribution in [1.82, 2.24) is 20.1 Å². The van der Waals surface area contributed by atoms with E-state index in [-0.39, 0.29) is 24.0 Å². The van der Waals surface area contributed by atoms with Crippen LogP contribution in [0.25, 0.3) is 10.9 Å². The molecule has 1 atom stereocenters. The number of aryl methyl sites for hydroxylation is 2. The van der Waals surface area contributed by atoms with Crippen LogP contribution in [0, 0.1) is 12.8 Å². The van der Waals surface area contributed by atoms with E-state index in [0.717, 1.165) is 22.2 Å². The second-order valence-corrected chi connectivity index (χ2v) is 7.09. The highest BCUT2D eigenvalue weighted by Crippen LogP contribution is 2.38. The Morgan fingerprint density at radius 2 is 2.08 bits per heavy atom. The van der Waals surface area contributed by atoms with Gasteiger partial charge in [0.2, 0.25) is 0 Å². The van der Waals surface area contributed by atoms with Gasteiger partial charge in [0, 0.05) is 18.6 Å². The van der Waals surface area contributed by atoms with E-state index in [4.69, 9.17) is 0 Å². The number of para-hydroxylation sites is 1. The minimum Gasteiger partial charge on any atom is -0.393 e. The highest BCUT2D eigenvalue weighted by molar-refractivity contribution is 5.93. The molecular weight excluding hydrogens is 328 g/mol. The molecule has 1 unspecified atom stereocenters. The summed E-state index contributed by atoms with van der Waals surface area (Å²) in [5, 5.41) is 18.2. The van der Waals surface area contributed by atoms with E-state index >= 15 is 0 Å². The number of aromatic nitrogens is 3. The number of hydrogen-bond acceptors (Lipinski definition) is 4.